The minimum atomic E-state index is -0.147. The number of aryl methyl sites for hydroxylation is 2. The molecule has 0 aliphatic rings. The van der Waals surface area contributed by atoms with Crippen LogP contribution in [0.3, 0.4) is 0 Å². The van der Waals surface area contributed by atoms with Crippen molar-refractivity contribution in [1.29, 1.82) is 0 Å². The molecule has 4 rings (SSSR count). The number of amides is 1. The Balaban J connectivity index is 1.58. The fraction of sp³-hybridized carbons (Fsp3) is 0.176. The Kier molecular flexibility index (Phi) is 2.97. The monoisotopic (exact) mass is 308 g/mol. The van der Waals surface area contributed by atoms with Crippen molar-refractivity contribution in [3.05, 3.63) is 54.2 Å². The number of hydrogen-bond acceptors (Lipinski definition) is 3. The highest BCUT2D eigenvalue weighted by Crippen LogP contribution is 2.19. The van der Waals surface area contributed by atoms with Gasteiger partial charge < -0.3 is 18.9 Å². The maximum Gasteiger partial charge on any atom is 0.268 e. The van der Waals surface area contributed by atoms with E-state index in [2.05, 4.69) is 10.3 Å². The number of hydrogen-bond donors (Lipinski definition) is 1. The molecule has 6 nitrogen and oxygen atoms in total. The van der Waals surface area contributed by atoms with Gasteiger partial charge in [0.1, 0.15) is 11.5 Å². The zero-order chi connectivity index (χ0) is 16.0. The summed E-state index contributed by atoms with van der Waals surface area (Å²) in [6, 6.07) is 11.5. The van der Waals surface area contributed by atoms with Crippen LogP contribution in [0.1, 0.15) is 16.3 Å². The quantitative estimate of drug-likeness (QED) is 0.632. The Hall–Kier alpha value is -3.02. The molecule has 0 unspecified atom stereocenters. The number of carbonyl (C=O) groups excluding carboxylic acids is 1. The molecule has 1 aromatic carbocycles. The van der Waals surface area contributed by atoms with Crippen molar-refractivity contribution in [2.75, 3.05) is 0 Å². The number of fused-ring (bicyclic) bond motifs is 2. The molecule has 0 saturated carbocycles. The van der Waals surface area contributed by atoms with E-state index in [9.17, 15) is 4.79 Å². The van der Waals surface area contributed by atoms with E-state index in [1.54, 1.807) is 12.3 Å². The number of carbonyl (C=O) groups is 1. The normalized spacial score (nSPS) is 11.4. The van der Waals surface area contributed by atoms with Crippen LogP contribution in [0.25, 0.3) is 22.1 Å². The van der Waals surface area contributed by atoms with E-state index in [0.29, 0.717) is 17.8 Å². The van der Waals surface area contributed by atoms with Crippen LogP contribution >= 0.6 is 0 Å². The molecule has 6 heteroatoms. The molecule has 1 amide bonds. The molecule has 0 aliphatic carbocycles. The second-order valence-corrected chi connectivity index (χ2v) is 5.52. The zero-order valence-corrected chi connectivity index (χ0v) is 12.9. The van der Waals surface area contributed by atoms with Gasteiger partial charge in [-0.3, -0.25) is 4.79 Å². The Morgan fingerprint density at radius 3 is 2.78 bits per heavy atom. The molecule has 4 aromatic rings. The average Bonchev–Trinajstić information content (AvgIpc) is 3.22. The topological polar surface area (TPSA) is 65.0 Å². The molecule has 116 valence electrons. The van der Waals surface area contributed by atoms with Crippen LogP contribution in [-0.4, -0.2) is 20.0 Å². The van der Waals surface area contributed by atoms with Crippen LogP contribution in [0.15, 0.2) is 47.1 Å². The summed E-state index contributed by atoms with van der Waals surface area (Å²) in [6.07, 6.45) is 1.62. The first-order chi connectivity index (χ1) is 11.1. The van der Waals surface area contributed by atoms with E-state index < -0.39 is 0 Å². The van der Waals surface area contributed by atoms with Crippen LogP contribution in [0.2, 0.25) is 0 Å². The summed E-state index contributed by atoms with van der Waals surface area (Å²) >= 11 is 0. The first-order valence-electron chi connectivity index (χ1n) is 7.36. The van der Waals surface area contributed by atoms with Gasteiger partial charge in [-0.1, -0.05) is 12.1 Å². The Morgan fingerprint density at radius 1 is 1.17 bits per heavy atom. The predicted octanol–water partition coefficient (Wildman–Crippen LogP) is 2.59. The van der Waals surface area contributed by atoms with E-state index in [1.807, 2.05) is 53.6 Å². The Bertz CT molecular complexity index is 1020. The molecule has 23 heavy (non-hydrogen) atoms. The highest BCUT2D eigenvalue weighted by molar-refractivity contribution is 5.97. The third kappa shape index (κ3) is 2.11. The summed E-state index contributed by atoms with van der Waals surface area (Å²) in [5.41, 5.74) is 4.15. The fourth-order valence-electron chi connectivity index (χ4n) is 2.87. The lowest BCUT2D eigenvalue weighted by Gasteiger charge is -2.06. The molecule has 1 N–H and O–H groups in total. The lowest BCUT2D eigenvalue weighted by Crippen LogP contribution is -2.26. The zero-order valence-electron chi connectivity index (χ0n) is 12.9. The van der Waals surface area contributed by atoms with E-state index in [-0.39, 0.29) is 5.91 Å². The summed E-state index contributed by atoms with van der Waals surface area (Å²) in [5.74, 6) is 0.670. The third-order valence-electron chi connectivity index (χ3n) is 4.18. The van der Waals surface area contributed by atoms with E-state index in [4.69, 9.17) is 4.42 Å². The molecule has 3 aromatic heterocycles. The maximum atomic E-state index is 12.4. The number of benzene rings is 1. The third-order valence-corrected chi connectivity index (χ3v) is 4.18. The van der Waals surface area contributed by atoms with Crippen LogP contribution in [-0.2, 0) is 20.6 Å². The summed E-state index contributed by atoms with van der Waals surface area (Å²) in [6.45, 7) is 0.372. The lowest BCUT2D eigenvalue weighted by molar-refractivity contribution is 0.0942. The number of rotatable bonds is 3. The van der Waals surface area contributed by atoms with Gasteiger partial charge in [0.05, 0.1) is 29.4 Å². The fourth-order valence-corrected chi connectivity index (χ4v) is 2.87. The van der Waals surface area contributed by atoms with Gasteiger partial charge in [-0.05, 0) is 12.1 Å². The van der Waals surface area contributed by atoms with Gasteiger partial charge in [0, 0.05) is 26.2 Å². The van der Waals surface area contributed by atoms with Gasteiger partial charge >= 0.3 is 0 Å². The van der Waals surface area contributed by atoms with E-state index >= 15 is 0 Å². The summed E-state index contributed by atoms with van der Waals surface area (Å²) in [7, 11) is 3.80. The minimum absolute atomic E-state index is 0.147. The van der Waals surface area contributed by atoms with Gasteiger partial charge in [-0.2, -0.15) is 0 Å². The summed E-state index contributed by atoms with van der Waals surface area (Å²) in [4.78, 5) is 17.0. The molecular weight excluding hydrogens is 292 g/mol. The van der Waals surface area contributed by atoms with E-state index in [0.717, 1.165) is 22.4 Å². The van der Waals surface area contributed by atoms with Crippen molar-refractivity contribution in [2.24, 2.45) is 14.1 Å². The lowest BCUT2D eigenvalue weighted by atomic mass is 10.3. The van der Waals surface area contributed by atoms with Crippen LogP contribution in [0.5, 0.6) is 0 Å². The van der Waals surface area contributed by atoms with Crippen molar-refractivity contribution in [2.45, 2.75) is 6.54 Å². The SMILES string of the molecule is Cn1c(CNC(=O)c2cc3occc3n2C)nc2ccccc21. The number of nitrogens with zero attached hydrogens (tertiary/aromatic N) is 3. The highest BCUT2D eigenvalue weighted by atomic mass is 16.3. The standard InChI is InChI=1S/C17H16N4O2/c1-20-13-7-8-23-15(13)9-14(20)17(22)18-10-16-19-11-5-3-4-6-12(11)21(16)2/h3-9H,10H2,1-2H3,(H,18,22). The molecule has 0 spiro atoms. The number of imidazole rings is 1. The number of furan rings is 1. The van der Waals surface area contributed by atoms with Gasteiger partial charge in [0.2, 0.25) is 0 Å². The highest BCUT2D eigenvalue weighted by Gasteiger charge is 2.16. The number of aromatic nitrogens is 3. The first-order valence-corrected chi connectivity index (χ1v) is 7.36. The van der Waals surface area contributed by atoms with Crippen molar-refractivity contribution in [3.63, 3.8) is 0 Å². The second kappa shape index (κ2) is 5.01. The summed E-state index contributed by atoms with van der Waals surface area (Å²) < 4.78 is 9.15. The number of nitrogens with one attached hydrogen (secondary N) is 1. The maximum absolute atomic E-state index is 12.4. The van der Waals surface area contributed by atoms with Crippen molar-refractivity contribution < 1.29 is 9.21 Å². The van der Waals surface area contributed by atoms with Crippen molar-refractivity contribution in [1.82, 2.24) is 19.4 Å². The van der Waals surface area contributed by atoms with Crippen molar-refractivity contribution >= 4 is 28.0 Å². The summed E-state index contributed by atoms with van der Waals surface area (Å²) in [5, 5.41) is 2.92. The Labute approximate surface area is 132 Å². The Morgan fingerprint density at radius 2 is 2.00 bits per heavy atom. The first kappa shape index (κ1) is 13.6. The van der Waals surface area contributed by atoms with Gasteiger partial charge in [-0.25, -0.2) is 4.98 Å². The van der Waals surface area contributed by atoms with Crippen LogP contribution in [0, 0.1) is 0 Å². The smallest absolute Gasteiger partial charge is 0.268 e. The molecule has 0 bridgehead atoms. The van der Waals surface area contributed by atoms with Crippen molar-refractivity contribution in [3.8, 4) is 0 Å². The molecule has 0 atom stereocenters. The molecule has 0 aliphatic heterocycles. The van der Waals surface area contributed by atoms with Crippen LogP contribution in [0.4, 0.5) is 0 Å². The molecule has 0 fully saturated rings. The van der Waals surface area contributed by atoms with Gasteiger partial charge in [0.25, 0.3) is 5.91 Å². The largest absolute Gasteiger partial charge is 0.463 e. The molecular formula is C17H16N4O2. The molecule has 0 radical (unpaired) electrons. The molecule has 3 heterocycles. The van der Waals surface area contributed by atoms with Crippen LogP contribution < -0.4 is 5.32 Å². The predicted molar refractivity (Wildman–Crippen MR) is 87.1 cm³/mol. The second-order valence-electron chi connectivity index (χ2n) is 5.52. The average molecular weight is 308 g/mol. The minimum Gasteiger partial charge on any atom is -0.463 e. The van der Waals surface area contributed by atoms with Gasteiger partial charge in [-0.15, -0.1) is 0 Å². The van der Waals surface area contributed by atoms with Gasteiger partial charge in [0.15, 0.2) is 5.58 Å². The molecule has 0 saturated heterocycles. The van der Waals surface area contributed by atoms with E-state index in [1.165, 1.54) is 0 Å². The number of para-hydroxylation sites is 2.